The van der Waals surface area contributed by atoms with Crippen LogP contribution in [0.2, 0.25) is 0 Å². The highest BCUT2D eigenvalue weighted by Crippen LogP contribution is 2.44. The molecule has 1 saturated carbocycles. The van der Waals surface area contributed by atoms with Crippen LogP contribution in [0.4, 0.5) is 0 Å². The molecule has 1 aliphatic carbocycles. The van der Waals surface area contributed by atoms with Gasteiger partial charge in [-0.15, -0.1) is 0 Å². The third-order valence-electron chi connectivity index (χ3n) is 3.69. The van der Waals surface area contributed by atoms with E-state index >= 15 is 0 Å². The monoisotopic (exact) mass is 254 g/mol. The van der Waals surface area contributed by atoms with Crippen LogP contribution in [0.5, 0.6) is 0 Å². The van der Waals surface area contributed by atoms with Crippen LogP contribution >= 0.6 is 0 Å². The summed E-state index contributed by atoms with van der Waals surface area (Å²) < 4.78 is 5.60. The minimum Gasteiger partial charge on any atom is -0.478 e. The lowest BCUT2D eigenvalue weighted by Crippen LogP contribution is -2.48. The van der Waals surface area contributed by atoms with Gasteiger partial charge in [0.15, 0.2) is 0 Å². The van der Waals surface area contributed by atoms with Gasteiger partial charge in [-0.3, -0.25) is 0 Å². The fraction of sp³-hybridized carbons (Fsp3) is 0.714. The summed E-state index contributed by atoms with van der Waals surface area (Å²) in [4.78, 5) is 22.1. The third kappa shape index (κ3) is 3.59. The number of esters is 1. The Morgan fingerprint density at radius 1 is 1.11 bits per heavy atom. The van der Waals surface area contributed by atoms with E-state index in [1.54, 1.807) is 0 Å². The van der Waals surface area contributed by atoms with Crippen molar-refractivity contribution in [3.8, 4) is 0 Å². The highest BCUT2D eigenvalue weighted by Gasteiger charge is 2.45. The number of carbonyl (C=O) groups is 2. The minimum atomic E-state index is -1.14. The van der Waals surface area contributed by atoms with Crippen molar-refractivity contribution in [2.45, 2.75) is 58.5 Å². The second-order valence-electron chi connectivity index (χ2n) is 5.90. The minimum absolute atomic E-state index is 0.139. The van der Waals surface area contributed by atoms with Gasteiger partial charge in [-0.2, -0.15) is 0 Å². The van der Waals surface area contributed by atoms with Gasteiger partial charge in [-0.25, -0.2) is 9.59 Å². The molecule has 0 aromatic rings. The maximum absolute atomic E-state index is 11.7. The summed E-state index contributed by atoms with van der Waals surface area (Å²) in [7, 11) is 0. The molecule has 0 heterocycles. The quantitative estimate of drug-likeness (QED) is 0.621. The van der Waals surface area contributed by atoms with Crippen LogP contribution in [0.25, 0.3) is 0 Å². The summed E-state index contributed by atoms with van der Waals surface area (Å²) in [5.41, 5.74) is -0.606. The van der Waals surface area contributed by atoms with Crippen molar-refractivity contribution in [1.82, 2.24) is 0 Å². The van der Waals surface area contributed by atoms with E-state index in [1.165, 1.54) is 6.42 Å². The Morgan fingerprint density at radius 2 is 1.67 bits per heavy atom. The predicted octanol–water partition coefficient (Wildman–Crippen LogP) is 2.92. The fourth-order valence-electron chi connectivity index (χ4n) is 2.49. The maximum Gasteiger partial charge on any atom is 0.331 e. The van der Waals surface area contributed by atoms with Gasteiger partial charge in [0.1, 0.15) is 5.60 Å². The lowest BCUT2D eigenvalue weighted by Gasteiger charge is -2.46. The van der Waals surface area contributed by atoms with Crippen LogP contribution in [-0.4, -0.2) is 22.6 Å². The molecule has 18 heavy (non-hydrogen) atoms. The Labute approximate surface area is 108 Å². The molecule has 0 aromatic carbocycles. The zero-order valence-electron chi connectivity index (χ0n) is 11.4. The third-order valence-corrected chi connectivity index (χ3v) is 3.69. The number of rotatable bonds is 3. The molecule has 0 unspecified atom stereocenters. The highest BCUT2D eigenvalue weighted by atomic mass is 16.6. The second kappa shape index (κ2) is 5.55. The highest BCUT2D eigenvalue weighted by molar-refractivity contribution is 5.90. The van der Waals surface area contributed by atoms with Crippen LogP contribution in [0.15, 0.2) is 12.2 Å². The average Bonchev–Trinajstić information content (AvgIpc) is 2.26. The molecule has 1 fully saturated rings. The van der Waals surface area contributed by atoms with Gasteiger partial charge in [0.25, 0.3) is 0 Å². The average molecular weight is 254 g/mol. The van der Waals surface area contributed by atoms with Crippen LogP contribution in [0.3, 0.4) is 0 Å². The molecule has 0 aliphatic heterocycles. The molecule has 4 nitrogen and oxygen atoms in total. The molecule has 1 N–H and O–H groups in total. The summed E-state index contributed by atoms with van der Waals surface area (Å²) in [6.07, 6.45) is 6.78. The van der Waals surface area contributed by atoms with E-state index in [2.05, 4.69) is 20.8 Å². The number of carboxylic acids is 1. The first-order valence-electron chi connectivity index (χ1n) is 6.41. The lowest BCUT2D eigenvalue weighted by molar-refractivity contribution is -0.173. The van der Waals surface area contributed by atoms with Gasteiger partial charge in [-0.1, -0.05) is 27.2 Å². The Morgan fingerprint density at radius 3 is 2.11 bits per heavy atom. The molecule has 0 aromatic heterocycles. The number of ether oxygens (including phenoxy) is 1. The van der Waals surface area contributed by atoms with Gasteiger partial charge in [0.05, 0.1) is 0 Å². The summed E-state index contributed by atoms with van der Waals surface area (Å²) in [6.45, 7) is 6.19. The van der Waals surface area contributed by atoms with Crippen molar-refractivity contribution in [2.75, 3.05) is 0 Å². The first kappa shape index (κ1) is 14.7. The van der Waals surface area contributed by atoms with E-state index in [9.17, 15) is 9.59 Å². The number of hydrogen-bond donors (Lipinski definition) is 1. The molecule has 0 radical (unpaired) electrons. The molecular formula is C14H22O4. The van der Waals surface area contributed by atoms with Crippen LogP contribution in [0.1, 0.15) is 52.9 Å². The summed E-state index contributed by atoms with van der Waals surface area (Å²) in [5, 5.41) is 8.50. The molecule has 0 amide bonds. The number of hydrogen-bond acceptors (Lipinski definition) is 3. The van der Waals surface area contributed by atoms with Gasteiger partial charge in [0.2, 0.25) is 0 Å². The zero-order valence-corrected chi connectivity index (χ0v) is 11.4. The van der Waals surface area contributed by atoms with E-state index in [0.717, 1.165) is 37.8 Å². The van der Waals surface area contributed by atoms with Crippen LogP contribution in [-0.2, 0) is 14.3 Å². The van der Waals surface area contributed by atoms with Crippen molar-refractivity contribution < 1.29 is 19.4 Å². The molecule has 0 saturated heterocycles. The van der Waals surface area contributed by atoms with E-state index < -0.39 is 17.5 Å². The summed E-state index contributed by atoms with van der Waals surface area (Å²) in [6, 6.07) is 0. The molecule has 1 aliphatic rings. The fourth-order valence-corrected chi connectivity index (χ4v) is 2.49. The van der Waals surface area contributed by atoms with E-state index in [1.807, 2.05) is 0 Å². The first-order valence-corrected chi connectivity index (χ1v) is 6.41. The first-order chi connectivity index (χ1) is 8.27. The van der Waals surface area contributed by atoms with Crippen molar-refractivity contribution in [2.24, 2.45) is 5.41 Å². The van der Waals surface area contributed by atoms with E-state index in [-0.39, 0.29) is 5.41 Å². The van der Waals surface area contributed by atoms with E-state index in [0.29, 0.717) is 0 Å². The van der Waals surface area contributed by atoms with Gasteiger partial charge in [-0.05, 0) is 25.7 Å². The number of carbonyl (C=O) groups excluding carboxylic acids is 1. The summed E-state index contributed by atoms with van der Waals surface area (Å²) >= 11 is 0. The zero-order chi connectivity index (χ0) is 13.8. The molecular weight excluding hydrogens is 232 g/mol. The molecule has 0 bridgehead atoms. The van der Waals surface area contributed by atoms with Crippen molar-refractivity contribution >= 4 is 11.9 Å². The Bertz CT molecular complexity index is 343. The Kier molecular flexibility index (Phi) is 4.54. The van der Waals surface area contributed by atoms with Crippen molar-refractivity contribution in [3.05, 3.63) is 12.2 Å². The van der Waals surface area contributed by atoms with Gasteiger partial charge < -0.3 is 9.84 Å². The second-order valence-corrected chi connectivity index (χ2v) is 5.90. The lowest BCUT2D eigenvalue weighted by atomic mass is 9.68. The van der Waals surface area contributed by atoms with Gasteiger partial charge in [0, 0.05) is 17.6 Å². The molecule has 1 rings (SSSR count). The SMILES string of the molecule is CC(C)(C)C1(OC(=O)C=CC(=O)O)CCCCC1. The van der Waals surface area contributed by atoms with E-state index in [4.69, 9.17) is 9.84 Å². The van der Waals surface area contributed by atoms with Crippen LogP contribution in [0, 0.1) is 5.41 Å². The predicted molar refractivity (Wildman–Crippen MR) is 68.1 cm³/mol. The Balaban J connectivity index is 2.80. The topological polar surface area (TPSA) is 63.6 Å². The maximum atomic E-state index is 11.7. The van der Waals surface area contributed by atoms with Crippen molar-refractivity contribution in [3.63, 3.8) is 0 Å². The smallest absolute Gasteiger partial charge is 0.331 e. The number of carboxylic acid groups (broad SMARTS) is 1. The molecule has 4 heteroatoms. The Hall–Kier alpha value is -1.32. The van der Waals surface area contributed by atoms with Crippen LogP contribution < -0.4 is 0 Å². The summed E-state index contributed by atoms with van der Waals surface area (Å²) in [5.74, 6) is -1.70. The van der Waals surface area contributed by atoms with Gasteiger partial charge >= 0.3 is 11.9 Å². The normalized spacial score (nSPS) is 19.7. The van der Waals surface area contributed by atoms with Crippen molar-refractivity contribution in [1.29, 1.82) is 0 Å². The number of aliphatic carboxylic acids is 1. The largest absolute Gasteiger partial charge is 0.478 e. The standard InChI is InChI=1S/C14H22O4/c1-13(2,3)14(9-5-4-6-10-14)18-12(17)8-7-11(15)16/h7-8H,4-6,9-10H2,1-3H3,(H,15,16). The molecule has 102 valence electrons. The molecule has 0 atom stereocenters. The molecule has 0 spiro atoms.